The Kier molecular flexibility index (Phi) is 5.06. The molecule has 140 valence electrons. The van der Waals surface area contributed by atoms with Crippen molar-refractivity contribution in [2.45, 2.75) is 25.3 Å². The molecule has 0 bridgehead atoms. The van der Waals surface area contributed by atoms with Crippen LogP contribution in [0.25, 0.3) is 11.4 Å². The van der Waals surface area contributed by atoms with E-state index in [-0.39, 0.29) is 23.0 Å². The third-order valence-electron chi connectivity index (χ3n) is 3.83. The van der Waals surface area contributed by atoms with Gasteiger partial charge in [0.1, 0.15) is 0 Å². The van der Waals surface area contributed by atoms with Gasteiger partial charge in [0, 0.05) is 5.56 Å². The second-order valence-corrected chi connectivity index (χ2v) is 7.51. The molecule has 0 atom stereocenters. The summed E-state index contributed by atoms with van der Waals surface area (Å²) in [6.45, 7) is 3.31. The summed E-state index contributed by atoms with van der Waals surface area (Å²) in [6, 6.07) is 11.7. The zero-order valence-electron chi connectivity index (χ0n) is 14.7. The highest BCUT2D eigenvalue weighted by Crippen LogP contribution is 2.18. The van der Waals surface area contributed by atoms with Crippen LogP contribution in [0.1, 0.15) is 27.4 Å². The average Bonchev–Trinajstić information content (AvgIpc) is 3.08. The number of esters is 1. The molecule has 0 aliphatic heterocycles. The third-order valence-corrected chi connectivity index (χ3v) is 4.89. The van der Waals surface area contributed by atoms with Crippen LogP contribution in [0, 0.1) is 13.8 Å². The molecule has 0 spiro atoms. The fourth-order valence-electron chi connectivity index (χ4n) is 2.38. The Morgan fingerprint density at radius 3 is 2.52 bits per heavy atom. The lowest BCUT2D eigenvalue weighted by molar-refractivity contribution is 0.0429. The van der Waals surface area contributed by atoms with E-state index in [4.69, 9.17) is 14.4 Å². The van der Waals surface area contributed by atoms with Crippen molar-refractivity contribution in [1.29, 1.82) is 0 Å². The number of sulfonamides is 1. The molecule has 8 nitrogen and oxygen atoms in total. The van der Waals surface area contributed by atoms with Gasteiger partial charge in [0.25, 0.3) is 5.89 Å². The van der Waals surface area contributed by atoms with E-state index in [2.05, 4.69) is 10.1 Å². The van der Waals surface area contributed by atoms with Gasteiger partial charge in [-0.25, -0.2) is 18.4 Å². The summed E-state index contributed by atoms with van der Waals surface area (Å²) < 4.78 is 33.3. The number of nitrogens with two attached hydrogens (primary N) is 1. The van der Waals surface area contributed by atoms with Crippen molar-refractivity contribution in [2.24, 2.45) is 5.14 Å². The van der Waals surface area contributed by atoms with Crippen LogP contribution < -0.4 is 5.14 Å². The van der Waals surface area contributed by atoms with Gasteiger partial charge in [-0.3, -0.25) is 0 Å². The van der Waals surface area contributed by atoms with Crippen LogP contribution in [0.3, 0.4) is 0 Å². The number of nitrogens with zero attached hydrogens (tertiary/aromatic N) is 2. The summed E-state index contributed by atoms with van der Waals surface area (Å²) in [5.74, 6) is -0.222. The molecule has 0 unspecified atom stereocenters. The first kappa shape index (κ1) is 18.7. The predicted molar refractivity (Wildman–Crippen MR) is 96.1 cm³/mol. The van der Waals surface area contributed by atoms with Crippen LogP contribution in [-0.2, 0) is 21.4 Å². The predicted octanol–water partition coefficient (Wildman–Crippen LogP) is 2.36. The summed E-state index contributed by atoms with van der Waals surface area (Å²) in [5.41, 5.74) is 2.38. The highest BCUT2D eigenvalue weighted by atomic mass is 32.2. The van der Waals surface area contributed by atoms with Crippen molar-refractivity contribution >= 4 is 16.0 Å². The van der Waals surface area contributed by atoms with Gasteiger partial charge in [-0.15, -0.1) is 0 Å². The van der Waals surface area contributed by atoms with E-state index in [1.807, 2.05) is 31.2 Å². The van der Waals surface area contributed by atoms with Crippen molar-refractivity contribution in [3.05, 3.63) is 65.0 Å². The van der Waals surface area contributed by atoms with E-state index in [9.17, 15) is 13.2 Å². The zero-order chi connectivity index (χ0) is 19.6. The Morgan fingerprint density at radius 1 is 1.15 bits per heavy atom. The summed E-state index contributed by atoms with van der Waals surface area (Å²) in [6.07, 6.45) is 0. The van der Waals surface area contributed by atoms with E-state index in [1.54, 1.807) is 6.92 Å². The molecule has 0 amide bonds. The van der Waals surface area contributed by atoms with Gasteiger partial charge >= 0.3 is 5.97 Å². The van der Waals surface area contributed by atoms with Crippen LogP contribution in [0.5, 0.6) is 0 Å². The Morgan fingerprint density at radius 2 is 1.85 bits per heavy atom. The smallest absolute Gasteiger partial charge is 0.338 e. The lowest BCUT2D eigenvalue weighted by atomic mass is 10.1. The first-order valence-electron chi connectivity index (χ1n) is 7.94. The monoisotopic (exact) mass is 387 g/mol. The number of hydrogen-bond acceptors (Lipinski definition) is 7. The summed E-state index contributed by atoms with van der Waals surface area (Å²) in [5, 5.41) is 9.00. The maximum atomic E-state index is 12.2. The highest BCUT2D eigenvalue weighted by molar-refractivity contribution is 7.89. The molecule has 0 radical (unpaired) electrons. The number of aromatic nitrogens is 2. The second kappa shape index (κ2) is 7.29. The minimum Gasteiger partial charge on any atom is -0.452 e. The minimum atomic E-state index is -3.94. The number of ether oxygens (including phenoxy) is 1. The number of carbonyl (C=O) groups excluding carboxylic acids is 1. The fraction of sp³-hybridized carbons (Fsp3) is 0.167. The van der Waals surface area contributed by atoms with E-state index in [1.165, 1.54) is 18.2 Å². The SMILES string of the molecule is Cc1ccc(-c2noc(COC(=O)c3ccc(C)c(S(N)(=O)=O)c3)n2)cc1. The lowest BCUT2D eigenvalue weighted by Gasteiger charge is -2.06. The highest BCUT2D eigenvalue weighted by Gasteiger charge is 2.17. The molecular weight excluding hydrogens is 370 g/mol. The molecule has 0 aliphatic carbocycles. The van der Waals surface area contributed by atoms with Crippen LogP contribution in [0.2, 0.25) is 0 Å². The van der Waals surface area contributed by atoms with Gasteiger partial charge in [0.15, 0.2) is 6.61 Å². The summed E-state index contributed by atoms with van der Waals surface area (Å²) >= 11 is 0. The van der Waals surface area contributed by atoms with Gasteiger partial charge in [0.2, 0.25) is 15.8 Å². The molecule has 2 N–H and O–H groups in total. The Bertz CT molecular complexity index is 1090. The van der Waals surface area contributed by atoms with Crippen molar-refractivity contribution in [1.82, 2.24) is 10.1 Å². The minimum absolute atomic E-state index is 0.0582. The van der Waals surface area contributed by atoms with Crippen molar-refractivity contribution in [2.75, 3.05) is 0 Å². The molecule has 2 aromatic carbocycles. The van der Waals surface area contributed by atoms with Crippen molar-refractivity contribution in [3.63, 3.8) is 0 Å². The third kappa shape index (κ3) is 4.39. The van der Waals surface area contributed by atoms with Crippen molar-refractivity contribution < 1.29 is 22.5 Å². The Labute approximate surface area is 156 Å². The first-order valence-corrected chi connectivity index (χ1v) is 9.49. The molecule has 9 heteroatoms. The van der Waals surface area contributed by atoms with Crippen LogP contribution in [0.4, 0.5) is 0 Å². The quantitative estimate of drug-likeness (QED) is 0.666. The van der Waals surface area contributed by atoms with Crippen LogP contribution >= 0.6 is 0 Å². The molecule has 1 heterocycles. The standard InChI is InChI=1S/C18H17N3O5S/c1-11-3-6-13(7-4-11)17-20-16(26-21-17)10-25-18(22)14-8-5-12(2)15(9-14)27(19,23)24/h3-9H,10H2,1-2H3,(H2,19,23,24). The van der Waals surface area contributed by atoms with E-state index in [0.717, 1.165) is 11.1 Å². The van der Waals surface area contributed by atoms with Gasteiger partial charge in [0.05, 0.1) is 10.5 Å². The molecule has 0 saturated carbocycles. The largest absolute Gasteiger partial charge is 0.452 e. The number of rotatable bonds is 5. The number of primary sulfonamides is 1. The average molecular weight is 387 g/mol. The summed E-state index contributed by atoms with van der Waals surface area (Å²) in [4.78, 5) is 16.2. The number of hydrogen-bond donors (Lipinski definition) is 1. The normalized spacial score (nSPS) is 11.4. The maximum Gasteiger partial charge on any atom is 0.338 e. The van der Waals surface area contributed by atoms with Gasteiger partial charge in [-0.2, -0.15) is 4.98 Å². The molecule has 3 rings (SSSR count). The maximum absolute atomic E-state index is 12.2. The Hall–Kier alpha value is -3.04. The molecule has 0 fully saturated rings. The lowest BCUT2D eigenvalue weighted by Crippen LogP contribution is -2.15. The molecule has 27 heavy (non-hydrogen) atoms. The van der Waals surface area contributed by atoms with Crippen molar-refractivity contribution in [3.8, 4) is 11.4 Å². The fourth-order valence-corrected chi connectivity index (χ4v) is 3.19. The molecule has 0 aliphatic rings. The molecule has 0 saturated heterocycles. The zero-order valence-corrected chi connectivity index (χ0v) is 15.5. The first-order chi connectivity index (χ1) is 12.7. The van der Waals surface area contributed by atoms with E-state index >= 15 is 0 Å². The number of carbonyl (C=O) groups is 1. The van der Waals surface area contributed by atoms with Gasteiger partial charge < -0.3 is 9.26 Å². The van der Waals surface area contributed by atoms with Crippen LogP contribution in [-0.4, -0.2) is 24.5 Å². The molecule has 3 aromatic rings. The van der Waals surface area contributed by atoms with E-state index < -0.39 is 16.0 Å². The number of benzene rings is 2. The Balaban J connectivity index is 1.71. The number of aryl methyl sites for hydroxylation is 2. The van der Waals surface area contributed by atoms with Gasteiger partial charge in [-0.1, -0.05) is 41.1 Å². The molecular formula is C18H17N3O5S. The topological polar surface area (TPSA) is 125 Å². The van der Waals surface area contributed by atoms with E-state index in [0.29, 0.717) is 11.4 Å². The molecule has 1 aromatic heterocycles. The summed E-state index contributed by atoms with van der Waals surface area (Å²) in [7, 11) is -3.94. The van der Waals surface area contributed by atoms with Crippen LogP contribution in [0.15, 0.2) is 51.9 Å². The van der Waals surface area contributed by atoms with Gasteiger partial charge in [-0.05, 0) is 31.5 Å². The second-order valence-electron chi connectivity index (χ2n) is 5.98.